The second kappa shape index (κ2) is 8.20. The molecule has 1 aliphatic heterocycles. The van der Waals surface area contributed by atoms with Gasteiger partial charge in [-0.15, -0.1) is 5.10 Å². The number of ether oxygens (including phenoxy) is 1. The Kier molecular flexibility index (Phi) is 5.75. The van der Waals surface area contributed by atoms with Crippen LogP contribution in [0.25, 0.3) is 0 Å². The van der Waals surface area contributed by atoms with Crippen LogP contribution in [-0.2, 0) is 11.3 Å². The molecule has 0 bridgehead atoms. The maximum atomic E-state index is 12.5. The first-order chi connectivity index (χ1) is 12.1. The van der Waals surface area contributed by atoms with Crippen LogP contribution in [0.2, 0.25) is 0 Å². The quantitative estimate of drug-likeness (QED) is 0.803. The Morgan fingerprint density at radius 3 is 2.76 bits per heavy atom. The Bertz CT molecular complexity index is 692. The van der Waals surface area contributed by atoms with Gasteiger partial charge in [0.25, 0.3) is 5.91 Å². The minimum Gasteiger partial charge on any atom is -0.378 e. The number of amides is 1. The van der Waals surface area contributed by atoms with Crippen molar-refractivity contribution in [3.8, 4) is 0 Å². The van der Waals surface area contributed by atoms with Crippen LogP contribution in [0.4, 0.5) is 0 Å². The number of hydrogen-bond donors (Lipinski definition) is 0. The number of carbonyl (C=O) groups is 1. The molecule has 1 atom stereocenters. The van der Waals surface area contributed by atoms with Gasteiger partial charge in [-0.05, 0) is 60.7 Å². The molecule has 0 aliphatic carbocycles. The summed E-state index contributed by atoms with van der Waals surface area (Å²) in [5, 5.41) is 11.4. The summed E-state index contributed by atoms with van der Waals surface area (Å²) in [4.78, 5) is 14.3. The SMILES string of the molecule is Cc1nnnn1Cc1ccc(C(=O)N(C)CCC2CCCCO2)cc1. The van der Waals surface area contributed by atoms with Gasteiger partial charge < -0.3 is 9.64 Å². The predicted octanol–water partition coefficient (Wildman–Crippen LogP) is 2.06. The molecule has 1 fully saturated rings. The van der Waals surface area contributed by atoms with Crippen molar-refractivity contribution in [1.82, 2.24) is 25.1 Å². The van der Waals surface area contributed by atoms with E-state index in [9.17, 15) is 4.79 Å². The van der Waals surface area contributed by atoms with Crippen LogP contribution < -0.4 is 0 Å². The normalized spacial score (nSPS) is 17.4. The van der Waals surface area contributed by atoms with E-state index in [0.717, 1.165) is 43.8 Å². The van der Waals surface area contributed by atoms with Crippen molar-refractivity contribution in [2.75, 3.05) is 20.2 Å². The first kappa shape index (κ1) is 17.5. The van der Waals surface area contributed by atoms with Gasteiger partial charge >= 0.3 is 0 Å². The molecule has 2 heterocycles. The van der Waals surface area contributed by atoms with Gasteiger partial charge in [0.1, 0.15) is 5.82 Å². The van der Waals surface area contributed by atoms with Gasteiger partial charge in [0, 0.05) is 25.8 Å². The Labute approximate surface area is 148 Å². The monoisotopic (exact) mass is 343 g/mol. The lowest BCUT2D eigenvalue weighted by Gasteiger charge is -2.25. The van der Waals surface area contributed by atoms with Crippen molar-refractivity contribution in [2.45, 2.75) is 45.3 Å². The molecular formula is C18H25N5O2. The maximum absolute atomic E-state index is 12.5. The maximum Gasteiger partial charge on any atom is 0.253 e. The fourth-order valence-electron chi connectivity index (χ4n) is 3.02. The zero-order valence-corrected chi connectivity index (χ0v) is 14.9. The number of benzene rings is 1. The topological polar surface area (TPSA) is 73.1 Å². The van der Waals surface area contributed by atoms with Crippen molar-refractivity contribution in [3.63, 3.8) is 0 Å². The largest absolute Gasteiger partial charge is 0.378 e. The Hall–Kier alpha value is -2.28. The van der Waals surface area contributed by atoms with E-state index in [4.69, 9.17) is 4.74 Å². The van der Waals surface area contributed by atoms with Gasteiger partial charge in [0.15, 0.2) is 0 Å². The molecule has 7 heteroatoms. The summed E-state index contributed by atoms with van der Waals surface area (Å²) in [5.74, 6) is 0.811. The van der Waals surface area contributed by atoms with Gasteiger partial charge in [0.2, 0.25) is 0 Å². The van der Waals surface area contributed by atoms with Gasteiger partial charge in [-0.3, -0.25) is 4.79 Å². The molecule has 1 aliphatic rings. The molecule has 0 radical (unpaired) electrons. The summed E-state index contributed by atoms with van der Waals surface area (Å²) in [7, 11) is 1.85. The molecule has 1 aromatic heterocycles. The molecule has 25 heavy (non-hydrogen) atoms. The van der Waals surface area contributed by atoms with E-state index in [1.165, 1.54) is 6.42 Å². The van der Waals surface area contributed by atoms with Crippen LogP contribution in [0.1, 0.15) is 47.4 Å². The van der Waals surface area contributed by atoms with Crippen LogP contribution in [-0.4, -0.2) is 57.3 Å². The predicted molar refractivity (Wildman–Crippen MR) is 93.3 cm³/mol. The van der Waals surface area contributed by atoms with Crippen molar-refractivity contribution in [3.05, 3.63) is 41.2 Å². The van der Waals surface area contributed by atoms with E-state index in [-0.39, 0.29) is 5.91 Å². The number of nitrogens with zero attached hydrogens (tertiary/aromatic N) is 5. The minimum absolute atomic E-state index is 0.0426. The number of carbonyl (C=O) groups excluding carboxylic acids is 1. The van der Waals surface area contributed by atoms with Crippen LogP contribution in [0.5, 0.6) is 0 Å². The summed E-state index contributed by atoms with van der Waals surface area (Å²) in [6.07, 6.45) is 4.68. The van der Waals surface area contributed by atoms with Gasteiger partial charge in [-0.1, -0.05) is 12.1 Å². The highest BCUT2D eigenvalue weighted by Crippen LogP contribution is 2.16. The third kappa shape index (κ3) is 4.63. The molecule has 1 amide bonds. The van der Waals surface area contributed by atoms with Crippen molar-refractivity contribution in [2.24, 2.45) is 0 Å². The molecular weight excluding hydrogens is 318 g/mol. The molecule has 0 spiro atoms. The van der Waals surface area contributed by atoms with E-state index in [1.807, 2.05) is 38.2 Å². The minimum atomic E-state index is 0.0426. The van der Waals surface area contributed by atoms with E-state index in [2.05, 4.69) is 15.5 Å². The van der Waals surface area contributed by atoms with Gasteiger partial charge in [-0.2, -0.15) is 0 Å². The number of tetrazole rings is 1. The summed E-state index contributed by atoms with van der Waals surface area (Å²) >= 11 is 0. The van der Waals surface area contributed by atoms with Crippen molar-refractivity contribution >= 4 is 5.91 Å². The third-order valence-corrected chi connectivity index (χ3v) is 4.65. The molecule has 134 valence electrons. The number of rotatable bonds is 6. The van der Waals surface area contributed by atoms with Gasteiger partial charge in [0.05, 0.1) is 12.6 Å². The molecule has 1 aromatic carbocycles. The van der Waals surface area contributed by atoms with Crippen LogP contribution in [0, 0.1) is 6.92 Å². The fraction of sp³-hybridized carbons (Fsp3) is 0.556. The van der Waals surface area contributed by atoms with E-state index < -0.39 is 0 Å². The first-order valence-electron chi connectivity index (χ1n) is 8.82. The van der Waals surface area contributed by atoms with E-state index in [1.54, 1.807) is 9.58 Å². The first-order valence-corrected chi connectivity index (χ1v) is 8.82. The highest BCUT2D eigenvalue weighted by atomic mass is 16.5. The van der Waals surface area contributed by atoms with E-state index in [0.29, 0.717) is 18.2 Å². The Morgan fingerprint density at radius 2 is 2.12 bits per heavy atom. The fourth-order valence-corrected chi connectivity index (χ4v) is 3.02. The van der Waals surface area contributed by atoms with Crippen LogP contribution >= 0.6 is 0 Å². The van der Waals surface area contributed by atoms with Crippen LogP contribution in [0.3, 0.4) is 0 Å². The third-order valence-electron chi connectivity index (χ3n) is 4.65. The summed E-state index contributed by atoms with van der Waals surface area (Å²) in [5.41, 5.74) is 1.76. The molecule has 1 unspecified atom stereocenters. The highest BCUT2D eigenvalue weighted by Gasteiger charge is 2.17. The second-order valence-electron chi connectivity index (χ2n) is 6.58. The lowest BCUT2D eigenvalue weighted by atomic mass is 10.1. The summed E-state index contributed by atoms with van der Waals surface area (Å²) in [6, 6.07) is 7.63. The number of hydrogen-bond acceptors (Lipinski definition) is 5. The van der Waals surface area contributed by atoms with Crippen molar-refractivity contribution in [1.29, 1.82) is 0 Å². The standard InChI is InChI=1S/C18H25N5O2/c1-14-19-20-21-23(14)13-15-6-8-16(9-7-15)18(24)22(2)11-10-17-5-3-4-12-25-17/h6-9,17H,3-5,10-13H2,1-2H3. The zero-order valence-electron chi connectivity index (χ0n) is 14.9. The number of aromatic nitrogens is 4. The molecule has 0 saturated carbocycles. The average Bonchev–Trinajstić information content (AvgIpc) is 3.05. The lowest BCUT2D eigenvalue weighted by molar-refractivity contribution is 0.00709. The molecule has 3 rings (SSSR count). The lowest BCUT2D eigenvalue weighted by Crippen LogP contribution is -2.31. The smallest absolute Gasteiger partial charge is 0.253 e. The molecule has 2 aromatic rings. The second-order valence-corrected chi connectivity index (χ2v) is 6.58. The van der Waals surface area contributed by atoms with E-state index >= 15 is 0 Å². The number of aryl methyl sites for hydroxylation is 1. The summed E-state index contributed by atoms with van der Waals surface area (Å²) in [6.45, 7) is 4.03. The molecule has 1 saturated heterocycles. The molecule has 7 nitrogen and oxygen atoms in total. The Morgan fingerprint density at radius 1 is 1.32 bits per heavy atom. The summed E-state index contributed by atoms with van der Waals surface area (Å²) < 4.78 is 7.46. The van der Waals surface area contributed by atoms with Gasteiger partial charge in [-0.25, -0.2) is 4.68 Å². The average molecular weight is 343 g/mol. The van der Waals surface area contributed by atoms with Crippen LogP contribution in [0.15, 0.2) is 24.3 Å². The zero-order chi connectivity index (χ0) is 17.6. The highest BCUT2D eigenvalue weighted by molar-refractivity contribution is 5.94. The Balaban J connectivity index is 1.53. The molecule has 0 N–H and O–H groups in total. The van der Waals surface area contributed by atoms with Crippen molar-refractivity contribution < 1.29 is 9.53 Å².